The molecule has 2 aromatic rings. The Kier molecular flexibility index (Phi) is 8.83. The van der Waals surface area contributed by atoms with Gasteiger partial charge in [-0.25, -0.2) is 27.9 Å². The van der Waals surface area contributed by atoms with Gasteiger partial charge >= 0.3 is 18.9 Å². The number of halogens is 2. The van der Waals surface area contributed by atoms with Crippen LogP contribution in [0.2, 0.25) is 0 Å². The van der Waals surface area contributed by atoms with Gasteiger partial charge in [0.15, 0.2) is 0 Å². The molecule has 3 heteroatoms. The van der Waals surface area contributed by atoms with Gasteiger partial charge in [-0.2, -0.15) is 17.8 Å². The molecule has 156 valence electrons. The Morgan fingerprint density at radius 1 is 1.17 bits per heavy atom. The minimum absolute atomic E-state index is 0. The molecule has 0 aliphatic heterocycles. The van der Waals surface area contributed by atoms with Gasteiger partial charge < -0.3 is 13.3 Å². The first-order valence-electron chi connectivity index (χ1n) is 10.5. The third-order valence-electron chi connectivity index (χ3n) is 6.37. The van der Waals surface area contributed by atoms with Gasteiger partial charge in [0.05, 0.1) is 0 Å². The van der Waals surface area contributed by atoms with Gasteiger partial charge in [0.1, 0.15) is 12.0 Å². The zero-order chi connectivity index (χ0) is 21.0. The van der Waals surface area contributed by atoms with E-state index in [1.54, 1.807) is 0 Å². The molecule has 1 unspecified atom stereocenters. The normalized spacial score (nSPS) is 21.9. The maximum Gasteiger partial charge on any atom is 1.00 e. The van der Waals surface area contributed by atoms with E-state index in [-0.39, 0.29) is 30.1 Å². The molecule has 2 aliphatic rings. The zero-order valence-corrected chi connectivity index (χ0v) is 18.3. The summed E-state index contributed by atoms with van der Waals surface area (Å²) in [6.07, 6.45) is 6.01. The predicted octanol–water partition coefficient (Wildman–Crippen LogP) is 4.62. The molecule has 4 rings (SSSR count). The van der Waals surface area contributed by atoms with Gasteiger partial charge in [0.2, 0.25) is 0 Å². The van der Waals surface area contributed by atoms with Crippen LogP contribution in [0.4, 0.5) is 8.78 Å². The molecule has 0 aromatic heterocycles. The Morgan fingerprint density at radius 3 is 2.30 bits per heavy atom. The first-order valence-corrected chi connectivity index (χ1v) is 10.5. The Morgan fingerprint density at radius 2 is 1.80 bits per heavy atom. The molecular weight excluding hydrogens is 369 g/mol. The average molecular weight is 400 g/mol. The Bertz CT molecular complexity index is 820. The van der Waals surface area contributed by atoms with Crippen LogP contribution in [-0.2, 0) is 6.42 Å². The van der Waals surface area contributed by atoms with E-state index in [0.29, 0.717) is 36.7 Å². The van der Waals surface area contributed by atoms with Gasteiger partial charge in [-0.3, -0.25) is 0 Å². The van der Waals surface area contributed by atoms with Gasteiger partial charge in [-0.05, 0) is 29.9 Å². The number of hydrogen-bond donors (Lipinski definition) is 0. The molecule has 1 atom stereocenters. The summed E-state index contributed by atoms with van der Waals surface area (Å²) in [6, 6.07) is 15.4. The molecule has 0 bridgehead atoms. The molecule has 0 spiro atoms. The van der Waals surface area contributed by atoms with Crippen molar-refractivity contribution in [2.75, 3.05) is 0 Å². The Hall–Kier alpha value is -1.49. The van der Waals surface area contributed by atoms with Crippen molar-refractivity contribution in [1.29, 1.82) is 0 Å². The summed E-state index contributed by atoms with van der Waals surface area (Å²) >= 11 is 0. The van der Waals surface area contributed by atoms with Gasteiger partial charge in [0.25, 0.3) is 0 Å². The summed E-state index contributed by atoms with van der Waals surface area (Å²) in [7, 11) is 0. The van der Waals surface area contributed by atoms with Crippen LogP contribution in [0.3, 0.4) is 0 Å². The smallest absolute Gasteiger partial charge is 0.339 e. The quantitative estimate of drug-likeness (QED) is 0.490. The SMILES string of the molecule is C=C([CH2-])C1CC(F)C1.[CH2-]C1(C(C)[CH-]Cc2cccc(-c3ccccc3)c2F)CC1.[Li+]. The first-order chi connectivity index (χ1) is 13.8. The number of alkyl halides is 1. The van der Waals surface area contributed by atoms with Crippen LogP contribution in [0.5, 0.6) is 0 Å². The van der Waals surface area contributed by atoms with Crippen LogP contribution < -0.4 is 18.9 Å². The molecule has 2 fully saturated rings. The van der Waals surface area contributed by atoms with E-state index < -0.39 is 6.17 Å². The van der Waals surface area contributed by atoms with Crippen molar-refractivity contribution in [3.8, 4) is 11.1 Å². The van der Waals surface area contributed by atoms with Crippen LogP contribution >= 0.6 is 0 Å². The average Bonchev–Trinajstić information content (AvgIpc) is 3.44. The topological polar surface area (TPSA) is 0 Å². The second-order valence-electron chi connectivity index (χ2n) is 8.66. The number of allylic oxidation sites excluding steroid dienone is 1. The third kappa shape index (κ3) is 6.26. The molecular formula is C27H31F2Li-2. The van der Waals surface area contributed by atoms with E-state index in [1.165, 1.54) is 12.8 Å². The first kappa shape index (κ1) is 24.8. The fraction of sp³-hybridized carbons (Fsp3) is 0.370. The van der Waals surface area contributed by atoms with Crippen molar-refractivity contribution >= 4 is 0 Å². The van der Waals surface area contributed by atoms with Crippen LogP contribution in [0.15, 0.2) is 60.7 Å². The van der Waals surface area contributed by atoms with Gasteiger partial charge in [-0.15, -0.1) is 0 Å². The third-order valence-corrected chi connectivity index (χ3v) is 6.37. The number of rotatable bonds is 6. The van der Waals surface area contributed by atoms with Gasteiger partial charge in [-0.1, -0.05) is 68.3 Å². The van der Waals surface area contributed by atoms with E-state index in [2.05, 4.69) is 33.8 Å². The second kappa shape index (κ2) is 10.7. The van der Waals surface area contributed by atoms with Crippen molar-refractivity contribution in [2.45, 2.75) is 45.2 Å². The molecule has 0 saturated heterocycles. The van der Waals surface area contributed by atoms with Crippen molar-refractivity contribution < 1.29 is 27.6 Å². The van der Waals surface area contributed by atoms with Crippen LogP contribution in [0.1, 0.15) is 38.2 Å². The van der Waals surface area contributed by atoms with Crippen LogP contribution in [-0.4, -0.2) is 6.17 Å². The molecule has 0 nitrogen and oxygen atoms in total. The van der Waals surface area contributed by atoms with Crippen LogP contribution in [0.25, 0.3) is 11.1 Å². The van der Waals surface area contributed by atoms with Crippen molar-refractivity contribution in [1.82, 2.24) is 0 Å². The van der Waals surface area contributed by atoms with E-state index in [1.807, 2.05) is 48.5 Å². The van der Waals surface area contributed by atoms with Crippen molar-refractivity contribution in [3.05, 3.63) is 92.3 Å². The summed E-state index contributed by atoms with van der Waals surface area (Å²) in [5.74, 6) is 0.725. The number of hydrogen-bond acceptors (Lipinski definition) is 0. The summed E-state index contributed by atoms with van der Waals surface area (Å²) < 4.78 is 26.7. The molecule has 30 heavy (non-hydrogen) atoms. The molecule has 2 aliphatic carbocycles. The Labute approximate surface area is 193 Å². The van der Waals surface area contributed by atoms with Gasteiger partial charge in [0, 0.05) is 5.56 Å². The molecule has 2 saturated carbocycles. The fourth-order valence-corrected chi connectivity index (χ4v) is 3.63. The summed E-state index contributed by atoms with van der Waals surface area (Å²) in [5, 5.41) is 0. The molecule has 0 amide bonds. The van der Waals surface area contributed by atoms with E-state index >= 15 is 0 Å². The molecule has 2 aromatic carbocycles. The predicted molar refractivity (Wildman–Crippen MR) is 118 cm³/mol. The van der Waals surface area contributed by atoms with Crippen molar-refractivity contribution in [2.24, 2.45) is 17.3 Å². The standard InChI is InChI=1S/C20H21F.C7H10F.Li/c1-15(20(2)13-14-20)11-12-17-9-6-10-18(19(17)21)16-7-4-3-5-8-16;1-5(2)6-3-7(8)4-6;/h3-11,15H,2,12-14H2,1H3;6-7H,1-4H2;/q-2;-1;+1. The van der Waals surface area contributed by atoms with Crippen LogP contribution in [0, 0.1) is 43.3 Å². The maximum absolute atomic E-state index is 14.7. The second-order valence-corrected chi connectivity index (χ2v) is 8.66. The number of benzene rings is 2. The van der Waals surface area contributed by atoms with Crippen molar-refractivity contribution in [3.63, 3.8) is 0 Å². The zero-order valence-electron chi connectivity index (χ0n) is 18.3. The summed E-state index contributed by atoms with van der Waals surface area (Å²) in [4.78, 5) is 0. The monoisotopic (exact) mass is 400 g/mol. The molecule has 0 heterocycles. The van der Waals surface area contributed by atoms with E-state index in [9.17, 15) is 8.78 Å². The summed E-state index contributed by atoms with van der Waals surface area (Å²) in [5.41, 5.74) is 3.49. The Balaban J connectivity index is 0.000000302. The van der Waals surface area contributed by atoms with E-state index in [4.69, 9.17) is 0 Å². The largest absolute Gasteiger partial charge is 1.00 e. The maximum atomic E-state index is 14.7. The minimum Gasteiger partial charge on any atom is -0.339 e. The minimum atomic E-state index is -0.571. The van der Waals surface area contributed by atoms with E-state index in [0.717, 1.165) is 16.7 Å². The summed E-state index contributed by atoms with van der Waals surface area (Å²) in [6.45, 7) is 13.7. The fourth-order valence-electron chi connectivity index (χ4n) is 3.63. The molecule has 0 N–H and O–H groups in total. The molecule has 0 radical (unpaired) electrons.